The van der Waals surface area contributed by atoms with Gasteiger partial charge in [0.2, 0.25) is 8.32 Å². The number of nitrogens with zero attached hydrogens (tertiary/aromatic N) is 1. The summed E-state index contributed by atoms with van der Waals surface area (Å²) in [7, 11) is -1.88. The Kier molecular flexibility index (Phi) is 7.41. The van der Waals surface area contributed by atoms with Crippen LogP contribution in [0.1, 0.15) is 59.3 Å². The molecule has 0 radical (unpaired) electrons. The van der Waals surface area contributed by atoms with Crippen molar-refractivity contribution in [1.29, 1.82) is 0 Å². The summed E-state index contributed by atoms with van der Waals surface area (Å²) < 4.78 is 12.1. The molecule has 30 heavy (non-hydrogen) atoms. The van der Waals surface area contributed by atoms with Crippen LogP contribution in [0, 0.1) is 5.92 Å². The molecule has 3 rings (SSSR count). The summed E-state index contributed by atoms with van der Waals surface area (Å²) in [6.45, 7) is 16.6. The first kappa shape index (κ1) is 23.4. The standard InChI is InChI=1S/C24H37NO3SSi/c1-19(27-30(5,6)23(2,3)4)18-20-12-10-15-22-24(20,16-11-17-25-22)29-28-26-21-13-8-7-9-14-21/h7-9,13-14,20H,1,10-12,15-18H2,2-6H3/t20-,24-/m0/s1. The molecule has 1 aliphatic heterocycles. The number of fused-ring (bicyclic) bond motifs is 1. The summed E-state index contributed by atoms with van der Waals surface area (Å²) in [5.74, 6) is 2.03. The molecule has 0 N–H and O–H groups in total. The van der Waals surface area contributed by atoms with Crippen molar-refractivity contribution < 1.29 is 13.6 Å². The zero-order valence-corrected chi connectivity index (χ0v) is 21.0. The molecule has 0 aromatic heterocycles. The van der Waals surface area contributed by atoms with Gasteiger partial charge in [-0.2, -0.15) is 0 Å². The number of benzene rings is 1. The Hall–Kier alpha value is -1.24. The molecule has 4 nitrogen and oxygen atoms in total. The Morgan fingerprint density at radius 3 is 2.67 bits per heavy atom. The average Bonchev–Trinajstić information content (AvgIpc) is 2.68. The van der Waals surface area contributed by atoms with Gasteiger partial charge < -0.3 is 9.31 Å². The van der Waals surface area contributed by atoms with Gasteiger partial charge in [-0.25, -0.2) is 0 Å². The van der Waals surface area contributed by atoms with E-state index in [-0.39, 0.29) is 9.79 Å². The molecular formula is C24H37NO3SSi. The van der Waals surface area contributed by atoms with Crippen LogP contribution < -0.4 is 4.89 Å². The summed E-state index contributed by atoms with van der Waals surface area (Å²) in [5.41, 5.74) is 1.28. The zero-order chi connectivity index (χ0) is 21.8. The fourth-order valence-corrected chi connectivity index (χ4v) is 6.33. The van der Waals surface area contributed by atoms with Crippen LogP contribution in [0.25, 0.3) is 0 Å². The van der Waals surface area contributed by atoms with Crippen LogP contribution in [0.15, 0.2) is 47.7 Å². The van der Waals surface area contributed by atoms with E-state index in [0.717, 1.165) is 44.4 Å². The van der Waals surface area contributed by atoms with E-state index in [1.807, 2.05) is 30.3 Å². The summed E-state index contributed by atoms with van der Waals surface area (Å²) in [6, 6.07) is 9.67. The molecule has 6 heteroatoms. The highest BCUT2D eigenvalue weighted by Crippen LogP contribution is 2.50. The third kappa shape index (κ3) is 5.32. The fraction of sp³-hybridized carbons (Fsp3) is 0.625. The molecule has 0 spiro atoms. The second-order valence-electron chi connectivity index (χ2n) is 10.1. The van der Waals surface area contributed by atoms with Crippen molar-refractivity contribution in [2.24, 2.45) is 10.9 Å². The van der Waals surface area contributed by atoms with E-state index in [4.69, 9.17) is 18.6 Å². The number of hydrogen-bond acceptors (Lipinski definition) is 5. The smallest absolute Gasteiger partial charge is 0.250 e. The van der Waals surface area contributed by atoms with Gasteiger partial charge in [-0.05, 0) is 68.3 Å². The molecule has 0 saturated heterocycles. The maximum atomic E-state index is 6.53. The Bertz CT molecular complexity index is 759. The molecule has 1 aromatic rings. The lowest BCUT2D eigenvalue weighted by molar-refractivity contribution is -0.0801. The lowest BCUT2D eigenvalue weighted by Crippen LogP contribution is -2.49. The lowest BCUT2D eigenvalue weighted by Gasteiger charge is -2.46. The van der Waals surface area contributed by atoms with Crippen LogP contribution in [0.2, 0.25) is 18.1 Å². The SMILES string of the molecule is C=C(C[C@@H]1CCCC2=NCCC[C@@]21SOOc1ccccc1)O[Si](C)(C)C(C)(C)C. The van der Waals surface area contributed by atoms with E-state index in [1.54, 1.807) is 0 Å². The third-order valence-corrected chi connectivity index (χ3v) is 12.5. The van der Waals surface area contributed by atoms with Crippen molar-refractivity contribution in [2.75, 3.05) is 6.54 Å². The normalized spacial score (nSPS) is 24.6. The van der Waals surface area contributed by atoms with Gasteiger partial charge in [0, 0.05) is 18.7 Å². The molecule has 2 aliphatic rings. The first-order valence-electron chi connectivity index (χ1n) is 11.1. The zero-order valence-electron chi connectivity index (χ0n) is 19.2. The number of para-hydroxylation sites is 1. The number of hydrogen-bond donors (Lipinski definition) is 0. The predicted molar refractivity (Wildman–Crippen MR) is 129 cm³/mol. The monoisotopic (exact) mass is 447 g/mol. The van der Waals surface area contributed by atoms with Crippen molar-refractivity contribution in [1.82, 2.24) is 0 Å². The van der Waals surface area contributed by atoms with E-state index < -0.39 is 8.32 Å². The van der Waals surface area contributed by atoms with Gasteiger partial charge in [-0.15, -0.1) is 4.33 Å². The van der Waals surface area contributed by atoms with Crippen LogP contribution in [0.5, 0.6) is 5.75 Å². The Labute approximate surface area is 187 Å². The predicted octanol–water partition coefficient (Wildman–Crippen LogP) is 7.34. The molecule has 0 amide bonds. The molecular weight excluding hydrogens is 410 g/mol. The van der Waals surface area contributed by atoms with Gasteiger partial charge in [-0.3, -0.25) is 4.99 Å². The molecule has 0 bridgehead atoms. The minimum atomic E-state index is -1.88. The first-order valence-corrected chi connectivity index (χ1v) is 14.8. The number of aliphatic imine (C=N–C) groups is 1. The number of allylic oxidation sites excluding steroid dienone is 1. The molecule has 0 unspecified atom stereocenters. The Morgan fingerprint density at radius 1 is 1.23 bits per heavy atom. The van der Waals surface area contributed by atoms with Crippen molar-refractivity contribution >= 4 is 26.1 Å². The van der Waals surface area contributed by atoms with Crippen LogP contribution in [-0.4, -0.2) is 25.3 Å². The minimum absolute atomic E-state index is 0.148. The van der Waals surface area contributed by atoms with Gasteiger partial charge in [0.05, 0.1) is 22.5 Å². The van der Waals surface area contributed by atoms with Crippen LogP contribution in [0.4, 0.5) is 0 Å². The molecule has 1 saturated carbocycles. The van der Waals surface area contributed by atoms with Crippen LogP contribution >= 0.6 is 12.0 Å². The molecule has 166 valence electrons. The highest BCUT2D eigenvalue weighted by atomic mass is 32.2. The summed E-state index contributed by atoms with van der Waals surface area (Å²) in [4.78, 5) is 10.5. The van der Waals surface area contributed by atoms with E-state index in [0.29, 0.717) is 11.7 Å². The van der Waals surface area contributed by atoms with Gasteiger partial charge >= 0.3 is 0 Å². The highest BCUT2D eigenvalue weighted by molar-refractivity contribution is 7.96. The van der Waals surface area contributed by atoms with Crippen molar-refractivity contribution in [3.05, 3.63) is 42.7 Å². The topological polar surface area (TPSA) is 40.0 Å². The Balaban J connectivity index is 1.72. The van der Waals surface area contributed by atoms with Crippen molar-refractivity contribution in [3.8, 4) is 5.75 Å². The molecule has 1 aromatic carbocycles. The van der Waals surface area contributed by atoms with Crippen LogP contribution in [0.3, 0.4) is 0 Å². The van der Waals surface area contributed by atoms with Gasteiger partial charge in [0.15, 0.2) is 5.75 Å². The van der Waals surface area contributed by atoms with E-state index in [1.165, 1.54) is 24.2 Å². The lowest BCUT2D eigenvalue weighted by atomic mass is 9.72. The van der Waals surface area contributed by atoms with E-state index >= 15 is 0 Å². The van der Waals surface area contributed by atoms with Crippen molar-refractivity contribution in [2.45, 2.75) is 82.2 Å². The second kappa shape index (κ2) is 9.49. The molecule has 2 atom stereocenters. The molecule has 1 heterocycles. The maximum Gasteiger partial charge on any atom is 0.250 e. The summed E-state index contributed by atoms with van der Waals surface area (Å²) in [5, 5.41) is 0.166. The molecule has 1 fully saturated rings. The van der Waals surface area contributed by atoms with E-state index in [9.17, 15) is 0 Å². The highest BCUT2D eigenvalue weighted by Gasteiger charge is 2.49. The average molecular weight is 448 g/mol. The number of rotatable bonds is 8. The van der Waals surface area contributed by atoms with E-state index in [2.05, 4.69) is 40.4 Å². The fourth-order valence-electron chi connectivity index (χ4n) is 4.16. The van der Waals surface area contributed by atoms with Crippen LogP contribution in [-0.2, 0) is 8.76 Å². The third-order valence-electron chi connectivity index (χ3n) is 6.86. The summed E-state index contributed by atoms with van der Waals surface area (Å²) in [6.07, 6.45) is 6.35. The maximum absolute atomic E-state index is 6.53. The quantitative estimate of drug-likeness (QED) is 0.137. The van der Waals surface area contributed by atoms with Gasteiger partial charge in [0.25, 0.3) is 0 Å². The van der Waals surface area contributed by atoms with Gasteiger partial charge in [0.1, 0.15) is 0 Å². The van der Waals surface area contributed by atoms with Gasteiger partial charge in [-0.1, -0.05) is 45.5 Å². The molecule has 1 aliphatic carbocycles. The minimum Gasteiger partial charge on any atom is -0.547 e. The summed E-state index contributed by atoms with van der Waals surface area (Å²) >= 11 is 1.46. The second-order valence-corrected chi connectivity index (χ2v) is 15.8. The largest absolute Gasteiger partial charge is 0.547 e. The Morgan fingerprint density at radius 2 is 1.97 bits per heavy atom. The first-order chi connectivity index (χ1) is 14.1. The van der Waals surface area contributed by atoms with Crippen molar-refractivity contribution in [3.63, 3.8) is 0 Å².